The van der Waals surface area contributed by atoms with Crippen LogP contribution in [0.2, 0.25) is 0 Å². The van der Waals surface area contributed by atoms with Crippen LogP contribution in [-0.4, -0.2) is 32.6 Å². The predicted molar refractivity (Wildman–Crippen MR) is 148 cm³/mol. The zero-order valence-electron chi connectivity index (χ0n) is 21.3. The standard InChI is InChI=1S/C29H28N5O3P/c1-34-25-14-23(29(35)36-2)31-16-24(25)32-27(34)13-18-6-9-20(10-7-18)22-4-3-5-28(33-22)37-17-21-11-8-19(15-30)12-26(21)38/h3-5,8-9,11-12,14,16,18H,6-7,10,13,17,38H2,1-2H3. The van der Waals surface area contributed by atoms with Crippen LogP contribution in [0.15, 0.2) is 54.7 Å². The summed E-state index contributed by atoms with van der Waals surface area (Å²) >= 11 is 0. The highest BCUT2D eigenvalue weighted by atomic mass is 31.0. The van der Waals surface area contributed by atoms with Crippen LogP contribution in [0.25, 0.3) is 16.6 Å². The van der Waals surface area contributed by atoms with Crippen LogP contribution < -0.4 is 10.0 Å². The number of imidazole rings is 1. The van der Waals surface area contributed by atoms with E-state index in [9.17, 15) is 4.79 Å². The SMILES string of the molecule is COC(=O)c1cc2c(cn1)nc(CC1CC=C(c3cccc(OCc4ccc(C#N)cc4P)n3)CC1)n2C. The number of allylic oxidation sites excluding steroid dienone is 2. The normalized spacial score (nSPS) is 15.1. The summed E-state index contributed by atoms with van der Waals surface area (Å²) in [7, 11) is 5.99. The molecule has 1 aromatic carbocycles. The van der Waals surface area contributed by atoms with Gasteiger partial charge in [0.15, 0.2) is 5.69 Å². The molecule has 0 saturated carbocycles. The van der Waals surface area contributed by atoms with Crippen LogP contribution in [0.4, 0.5) is 0 Å². The van der Waals surface area contributed by atoms with E-state index >= 15 is 0 Å². The maximum Gasteiger partial charge on any atom is 0.356 e. The van der Waals surface area contributed by atoms with Crippen LogP contribution in [0.1, 0.15) is 52.4 Å². The van der Waals surface area contributed by atoms with Gasteiger partial charge in [0.1, 0.15) is 17.9 Å². The predicted octanol–water partition coefficient (Wildman–Crippen LogP) is 4.53. The molecule has 3 aromatic heterocycles. The summed E-state index contributed by atoms with van der Waals surface area (Å²) in [4.78, 5) is 25.5. The third-order valence-electron chi connectivity index (χ3n) is 6.95. The second-order valence-electron chi connectivity index (χ2n) is 9.39. The second kappa shape index (κ2) is 11.1. The summed E-state index contributed by atoms with van der Waals surface area (Å²) in [5.74, 6) is 1.58. The van der Waals surface area contributed by atoms with E-state index in [-0.39, 0.29) is 5.69 Å². The fourth-order valence-electron chi connectivity index (χ4n) is 4.73. The van der Waals surface area contributed by atoms with Gasteiger partial charge in [0.25, 0.3) is 0 Å². The molecule has 192 valence electrons. The van der Waals surface area contributed by atoms with Gasteiger partial charge in [-0.05, 0) is 65.9 Å². The number of ether oxygens (including phenoxy) is 2. The minimum absolute atomic E-state index is 0.282. The van der Waals surface area contributed by atoms with Crippen molar-refractivity contribution in [1.82, 2.24) is 19.5 Å². The first-order valence-electron chi connectivity index (χ1n) is 12.4. The van der Waals surface area contributed by atoms with Crippen molar-refractivity contribution in [3.8, 4) is 11.9 Å². The first-order valence-corrected chi connectivity index (χ1v) is 13.0. The summed E-state index contributed by atoms with van der Waals surface area (Å²) in [5, 5.41) is 10.0. The lowest BCUT2D eigenvalue weighted by Gasteiger charge is -2.21. The molecule has 2 unspecified atom stereocenters. The van der Waals surface area contributed by atoms with Gasteiger partial charge < -0.3 is 14.0 Å². The van der Waals surface area contributed by atoms with Gasteiger partial charge in [0.2, 0.25) is 5.88 Å². The average molecular weight is 526 g/mol. The van der Waals surface area contributed by atoms with Crippen LogP contribution in [0.5, 0.6) is 5.88 Å². The molecule has 0 amide bonds. The molecule has 0 radical (unpaired) electrons. The highest BCUT2D eigenvalue weighted by Gasteiger charge is 2.20. The number of methoxy groups -OCH3 is 1. The van der Waals surface area contributed by atoms with Crippen molar-refractivity contribution in [3.05, 3.63) is 83.1 Å². The number of hydrogen-bond acceptors (Lipinski definition) is 7. The van der Waals surface area contributed by atoms with E-state index in [0.29, 0.717) is 24.0 Å². The summed E-state index contributed by atoms with van der Waals surface area (Å²) < 4.78 is 12.8. The van der Waals surface area contributed by atoms with Crippen LogP contribution in [0, 0.1) is 17.2 Å². The van der Waals surface area contributed by atoms with Gasteiger partial charge in [-0.3, -0.25) is 0 Å². The molecule has 0 bridgehead atoms. The van der Waals surface area contributed by atoms with Crippen LogP contribution in [0.3, 0.4) is 0 Å². The Balaban J connectivity index is 1.23. The van der Waals surface area contributed by atoms with Gasteiger partial charge in [-0.25, -0.2) is 19.7 Å². The Morgan fingerprint density at radius 1 is 1.24 bits per heavy atom. The number of aryl methyl sites for hydroxylation is 1. The van der Waals surface area contributed by atoms with Gasteiger partial charge in [0, 0.05) is 19.5 Å². The quantitative estimate of drug-likeness (QED) is 0.258. The van der Waals surface area contributed by atoms with Crippen LogP contribution in [-0.2, 0) is 24.8 Å². The second-order valence-corrected chi connectivity index (χ2v) is 10.0. The molecule has 2 atom stereocenters. The average Bonchev–Trinajstić information content (AvgIpc) is 3.26. The summed E-state index contributed by atoms with van der Waals surface area (Å²) in [6.45, 7) is 0.386. The summed E-state index contributed by atoms with van der Waals surface area (Å²) in [5.41, 5.74) is 5.73. The lowest BCUT2D eigenvalue weighted by Crippen LogP contribution is -2.12. The number of esters is 1. The molecule has 5 rings (SSSR count). The topological polar surface area (TPSA) is 103 Å². The molecule has 1 aliphatic carbocycles. The lowest BCUT2D eigenvalue weighted by atomic mass is 9.86. The first kappa shape index (κ1) is 25.6. The minimum atomic E-state index is -0.453. The van der Waals surface area contributed by atoms with Gasteiger partial charge in [-0.1, -0.05) is 18.2 Å². The Morgan fingerprint density at radius 2 is 2.11 bits per heavy atom. The third-order valence-corrected chi connectivity index (χ3v) is 7.49. The molecule has 0 aliphatic heterocycles. The Bertz CT molecular complexity index is 1590. The molecular formula is C29H28N5O3P. The van der Waals surface area contributed by atoms with E-state index < -0.39 is 5.97 Å². The highest BCUT2D eigenvalue weighted by molar-refractivity contribution is 7.27. The van der Waals surface area contributed by atoms with Crippen molar-refractivity contribution >= 4 is 37.1 Å². The molecule has 1 aliphatic rings. The van der Waals surface area contributed by atoms with Crippen molar-refractivity contribution in [3.63, 3.8) is 0 Å². The van der Waals surface area contributed by atoms with Gasteiger partial charge in [-0.15, -0.1) is 9.24 Å². The van der Waals surface area contributed by atoms with Crippen molar-refractivity contribution in [1.29, 1.82) is 5.26 Å². The van der Waals surface area contributed by atoms with Crippen molar-refractivity contribution in [2.75, 3.05) is 7.11 Å². The highest BCUT2D eigenvalue weighted by Crippen LogP contribution is 2.32. The lowest BCUT2D eigenvalue weighted by molar-refractivity contribution is 0.0594. The zero-order chi connectivity index (χ0) is 26.6. The number of pyridine rings is 2. The number of nitriles is 1. The van der Waals surface area contributed by atoms with Gasteiger partial charge in [0.05, 0.1) is 36.1 Å². The van der Waals surface area contributed by atoms with E-state index in [1.54, 1.807) is 18.3 Å². The zero-order valence-corrected chi connectivity index (χ0v) is 22.5. The van der Waals surface area contributed by atoms with Crippen molar-refractivity contribution < 1.29 is 14.3 Å². The minimum Gasteiger partial charge on any atom is -0.473 e. The van der Waals surface area contributed by atoms with E-state index in [4.69, 9.17) is 24.7 Å². The summed E-state index contributed by atoms with van der Waals surface area (Å²) in [6.07, 6.45) is 7.67. The maximum atomic E-state index is 11.9. The Morgan fingerprint density at radius 3 is 2.84 bits per heavy atom. The number of carbonyl (C=O) groups is 1. The molecular weight excluding hydrogens is 497 g/mol. The molecule has 0 fully saturated rings. The fourth-order valence-corrected chi connectivity index (χ4v) is 5.09. The van der Waals surface area contributed by atoms with E-state index in [1.807, 2.05) is 41.9 Å². The Kier molecular flexibility index (Phi) is 7.48. The summed E-state index contributed by atoms with van der Waals surface area (Å²) in [6, 6.07) is 15.3. The van der Waals surface area contributed by atoms with Crippen molar-refractivity contribution in [2.24, 2.45) is 13.0 Å². The van der Waals surface area contributed by atoms with Crippen molar-refractivity contribution in [2.45, 2.75) is 32.3 Å². The van der Waals surface area contributed by atoms with Gasteiger partial charge >= 0.3 is 5.97 Å². The Labute approximate surface area is 223 Å². The molecule has 8 nitrogen and oxygen atoms in total. The number of hydrogen-bond donors (Lipinski definition) is 0. The van der Waals surface area contributed by atoms with E-state index in [0.717, 1.165) is 59.1 Å². The molecule has 38 heavy (non-hydrogen) atoms. The maximum absolute atomic E-state index is 11.9. The number of benzene rings is 1. The van der Waals surface area contributed by atoms with E-state index in [1.165, 1.54) is 12.7 Å². The third kappa shape index (κ3) is 5.44. The molecule has 4 aromatic rings. The monoisotopic (exact) mass is 525 g/mol. The number of carbonyl (C=O) groups excluding carboxylic acids is 1. The fraction of sp³-hybridized carbons (Fsp3) is 0.276. The number of rotatable bonds is 7. The molecule has 3 heterocycles. The molecule has 0 spiro atoms. The number of aromatic nitrogens is 4. The Hall–Kier alpha value is -4.08. The molecule has 0 N–H and O–H groups in total. The van der Waals surface area contributed by atoms with Crippen LogP contribution >= 0.6 is 9.24 Å². The number of fused-ring (bicyclic) bond motifs is 1. The smallest absolute Gasteiger partial charge is 0.356 e. The number of nitrogens with zero attached hydrogens (tertiary/aromatic N) is 5. The van der Waals surface area contributed by atoms with E-state index in [2.05, 4.69) is 26.4 Å². The molecule has 0 saturated heterocycles. The van der Waals surface area contributed by atoms with Gasteiger partial charge in [-0.2, -0.15) is 5.26 Å². The largest absolute Gasteiger partial charge is 0.473 e. The molecule has 9 heteroatoms. The first-order chi connectivity index (χ1) is 18.4.